The Labute approximate surface area is 165 Å². The van der Waals surface area contributed by atoms with Crippen molar-refractivity contribution < 1.29 is 13.2 Å². The van der Waals surface area contributed by atoms with E-state index in [2.05, 4.69) is 24.1 Å². The summed E-state index contributed by atoms with van der Waals surface area (Å²) in [6, 6.07) is 4.86. The lowest BCUT2D eigenvalue weighted by Gasteiger charge is -2.12. The van der Waals surface area contributed by atoms with Crippen LogP contribution < -0.4 is 10.5 Å². The number of nitrogens with one attached hydrogen (secondary N) is 1. The fraction of sp³-hybridized carbons (Fsp3) is 0.556. The van der Waals surface area contributed by atoms with Gasteiger partial charge in [-0.15, -0.1) is 0 Å². The highest BCUT2D eigenvalue weighted by Crippen LogP contribution is 2.26. The molecule has 2 rings (SSSR count). The monoisotopic (exact) mass is 412 g/mol. The number of unbranched alkanes of at least 4 members (excludes halogenated alkanes) is 1. The van der Waals surface area contributed by atoms with Crippen LogP contribution in [0.2, 0.25) is 0 Å². The molecule has 1 aromatic heterocycles. The molecule has 0 aliphatic heterocycles. The van der Waals surface area contributed by atoms with Crippen molar-refractivity contribution in [1.29, 1.82) is 0 Å². The standard InChI is InChI=1S/C18H28N4O3S2/c1-4-6-10-22-16-9-8-14(27(19,24)25)11-15(16)21-18(22)26-12-17(23)20-13(3)7-5-2/h8-9,11,13H,4-7,10,12H2,1-3H3,(H,20,23)(H2,19,24,25)/t13-/m1/s1. The number of hydrogen-bond donors (Lipinski definition) is 2. The van der Waals surface area contributed by atoms with Crippen LogP contribution in [0.15, 0.2) is 28.3 Å². The molecule has 7 nitrogen and oxygen atoms in total. The van der Waals surface area contributed by atoms with E-state index in [1.165, 1.54) is 23.9 Å². The third kappa shape index (κ3) is 5.95. The van der Waals surface area contributed by atoms with Crippen molar-refractivity contribution >= 4 is 38.7 Å². The molecule has 1 aromatic carbocycles. The zero-order chi connectivity index (χ0) is 20.0. The number of benzene rings is 1. The van der Waals surface area contributed by atoms with Gasteiger partial charge in [0.05, 0.1) is 21.7 Å². The number of carbonyl (C=O) groups is 1. The normalized spacial score (nSPS) is 13.0. The summed E-state index contributed by atoms with van der Waals surface area (Å²) in [7, 11) is -3.78. The molecule has 0 fully saturated rings. The molecule has 1 atom stereocenters. The number of imidazole rings is 1. The molecule has 1 amide bonds. The van der Waals surface area contributed by atoms with Crippen LogP contribution in [-0.2, 0) is 21.4 Å². The van der Waals surface area contributed by atoms with E-state index in [9.17, 15) is 13.2 Å². The number of amides is 1. The number of aromatic nitrogens is 2. The van der Waals surface area contributed by atoms with Crippen molar-refractivity contribution in [3.05, 3.63) is 18.2 Å². The van der Waals surface area contributed by atoms with E-state index in [1.54, 1.807) is 6.07 Å². The van der Waals surface area contributed by atoms with Crippen molar-refractivity contribution in [2.75, 3.05) is 5.75 Å². The lowest BCUT2D eigenvalue weighted by Crippen LogP contribution is -2.33. The van der Waals surface area contributed by atoms with Crippen LogP contribution in [-0.4, -0.2) is 35.7 Å². The van der Waals surface area contributed by atoms with Crippen molar-refractivity contribution in [3.8, 4) is 0 Å². The average Bonchev–Trinajstić information content (AvgIpc) is 2.94. The van der Waals surface area contributed by atoms with Gasteiger partial charge in [-0.1, -0.05) is 38.5 Å². The highest BCUT2D eigenvalue weighted by atomic mass is 32.2. The minimum Gasteiger partial charge on any atom is -0.353 e. The summed E-state index contributed by atoms with van der Waals surface area (Å²) >= 11 is 1.36. The van der Waals surface area contributed by atoms with Gasteiger partial charge in [0.1, 0.15) is 0 Å². The van der Waals surface area contributed by atoms with Crippen LogP contribution >= 0.6 is 11.8 Å². The van der Waals surface area contributed by atoms with Gasteiger partial charge in [0.25, 0.3) is 0 Å². The largest absolute Gasteiger partial charge is 0.353 e. The molecule has 0 saturated carbocycles. The zero-order valence-electron chi connectivity index (χ0n) is 16.1. The maximum absolute atomic E-state index is 12.2. The third-order valence-electron chi connectivity index (χ3n) is 4.21. The van der Waals surface area contributed by atoms with Crippen LogP contribution in [0.25, 0.3) is 11.0 Å². The molecule has 1 heterocycles. The minimum absolute atomic E-state index is 0.0275. The van der Waals surface area contributed by atoms with E-state index in [4.69, 9.17) is 5.14 Å². The Hall–Kier alpha value is -1.58. The van der Waals surface area contributed by atoms with Crippen LogP contribution in [0, 0.1) is 0 Å². The molecule has 9 heteroatoms. The number of thioether (sulfide) groups is 1. The summed E-state index contributed by atoms with van der Waals surface area (Å²) < 4.78 is 25.2. The quantitative estimate of drug-likeness (QED) is 0.584. The maximum Gasteiger partial charge on any atom is 0.238 e. The summed E-state index contributed by atoms with van der Waals surface area (Å²) in [5.41, 5.74) is 1.41. The Kier molecular flexibility index (Phi) is 7.69. The Bertz CT molecular complexity index is 893. The van der Waals surface area contributed by atoms with Gasteiger partial charge in [-0.05, 0) is 38.0 Å². The molecular formula is C18H28N4O3S2. The first-order chi connectivity index (χ1) is 12.8. The van der Waals surface area contributed by atoms with Gasteiger partial charge >= 0.3 is 0 Å². The van der Waals surface area contributed by atoms with Gasteiger partial charge in [0, 0.05) is 12.6 Å². The summed E-state index contributed by atoms with van der Waals surface area (Å²) in [5.74, 6) is 0.242. The number of carbonyl (C=O) groups excluding carboxylic acids is 1. The Balaban J connectivity index is 2.24. The lowest BCUT2D eigenvalue weighted by atomic mass is 10.2. The molecule has 0 saturated heterocycles. The Morgan fingerprint density at radius 3 is 2.70 bits per heavy atom. The second kappa shape index (κ2) is 9.57. The SMILES string of the molecule is CCCCn1c(SCC(=O)N[C@H](C)CCC)nc2cc(S(N)(=O)=O)ccc21. The predicted octanol–water partition coefficient (Wildman–Crippen LogP) is 2.88. The minimum atomic E-state index is -3.78. The molecular weight excluding hydrogens is 384 g/mol. The molecule has 2 aromatic rings. The summed E-state index contributed by atoms with van der Waals surface area (Å²) in [5, 5.41) is 8.92. The van der Waals surface area contributed by atoms with E-state index < -0.39 is 10.0 Å². The van der Waals surface area contributed by atoms with Crippen LogP contribution in [0.1, 0.15) is 46.5 Å². The van der Waals surface area contributed by atoms with Crippen LogP contribution in [0.4, 0.5) is 0 Å². The lowest BCUT2D eigenvalue weighted by molar-refractivity contribution is -0.119. The average molecular weight is 413 g/mol. The topological polar surface area (TPSA) is 107 Å². The predicted molar refractivity (Wildman–Crippen MR) is 109 cm³/mol. The second-order valence-electron chi connectivity index (χ2n) is 6.64. The smallest absolute Gasteiger partial charge is 0.238 e. The summed E-state index contributed by atoms with van der Waals surface area (Å²) in [6.07, 6.45) is 3.96. The van der Waals surface area contributed by atoms with E-state index >= 15 is 0 Å². The maximum atomic E-state index is 12.2. The highest BCUT2D eigenvalue weighted by Gasteiger charge is 2.16. The van der Waals surface area contributed by atoms with Gasteiger partial charge in [0.15, 0.2) is 5.16 Å². The number of nitrogens with two attached hydrogens (primary N) is 1. The molecule has 0 bridgehead atoms. The molecule has 27 heavy (non-hydrogen) atoms. The number of primary sulfonamides is 1. The first-order valence-electron chi connectivity index (χ1n) is 9.21. The summed E-state index contributed by atoms with van der Waals surface area (Å²) in [6.45, 7) is 6.95. The van der Waals surface area contributed by atoms with Gasteiger partial charge < -0.3 is 9.88 Å². The van der Waals surface area contributed by atoms with E-state index in [0.29, 0.717) is 10.7 Å². The van der Waals surface area contributed by atoms with Crippen molar-refractivity contribution in [1.82, 2.24) is 14.9 Å². The van der Waals surface area contributed by atoms with Crippen LogP contribution in [0.5, 0.6) is 0 Å². The van der Waals surface area contributed by atoms with E-state index in [0.717, 1.165) is 37.7 Å². The molecule has 0 radical (unpaired) electrons. The van der Waals surface area contributed by atoms with Gasteiger partial charge in [-0.25, -0.2) is 18.5 Å². The molecule has 3 N–H and O–H groups in total. The number of nitrogens with zero attached hydrogens (tertiary/aromatic N) is 2. The number of sulfonamides is 1. The van der Waals surface area contributed by atoms with Crippen molar-refractivity contribution in [3.63, 3.8) is 0 Å². The molecule has 0 aliphatic carbocycles. The Morgan fingerprint density at radius 2 is 2.07 bits per heavy atom. The van der Waals surface area contributed by atoms with Crippen molar-refractivity contribution in [2.45, 2.75) is 69.1 Å². The first-order valence-corrected chi connectivity index (χ1v) is 11.7. The second-order valence-corrected chi connectivity index (χ2v) is 9.14. The highest BCUT2D eigenvalue weighted by molar-refractivity contribution is 7.99. The van der Waals surface area contributed by atoms with E-state index in [-0.39, 0.29) is 22.6 Å². The third-order valence-corrected chi connectivity index (χ3v) is 6.10. The molecule has 0 unspecified atom stereocenters. The molecule has 150 valence electrons. The van der Waals surface area contributed by atoms with Crippen molar-refractivity contribution in [2.24, 2.45) is 5.14 Å². The number of aryl methyl sites for hydroxylation is 1. The van der Waals surface area contributed by atoms with Gasteiger partial charge in [0.2, 0.25) is 15.9 Å². The Morgan fingerprint density at radius 1 is 1.33 bits per heavy atom. The molecule has 0 aliphatic rings. The van der Waals surface area contributed by atoms with Gasteiger partial charge in [-0.3, -0.25) is 4.79 Å². The van der Waals surface area contributed by atoms with Gasteiger partial charge in [-0.2, -0.15) is 0 Å². The fourth-order valence-electron chi connectivity index (χ4n) is 2.86. The fourth-order valence-corrected chi connectivity index (χ4v) is 4.24. The number of fused-ring (bicyclic) bond motifs is 1. The summed E-state index contributed by atoms with van der Waals surface area (Å²) in [4.78, 5) is 16.8. The van der Waals surface area contributed by atoms with E-state index in [1.807, 2.05) is 11.5 Å². The number of hydrogen-bond acceptors (Lipinski definition) is 5. The zero-order valence-corrected chi connectivity index (χ0v) is 17.7. The number of rotatable bonds is 10. The first kappa shape index (κ1) is 21.7. The molecule has 0 spiro atoms. The van der Waals surface area contributed by atoms with Crippen LogP contribution in [0.3, 0.4) is 0 Å².